The summed E-state index contributed by atoms with van der Waals surface area (Å²) < 4.78 is 13.4. The summed E-state index contributed by atoms with van der Waals surface area (Å²) in [6.45, 7) is 0.377. The monoisotopic (exact) mass is 334 g/mol. The number of aromatic nitrogens is 1. The summed E-state index contributed by atoms with van der Waals surface area (Å²) in [6, 6.07) is 14.2. The van der Waals surface area contributed by atoms with Crippen LogP contribution in [-0.2, 0) is 19.4 Å². The van der Waals surface area contributed by atoms with Gasteiger partial charge < -0.3 is 4.90 Å². The number of hydrogen-bond acceptors (Lipinski definition) is 2. The molecule has 4 rings (SSSR count). The third kappa shape index (κ3) is 2.88. The van der Waals surface area contributed by atoms with Gasteiger partial charge >= 0.3 is 0 Å². The van der Waals surface area contributed by atoms with Gasteiger partial charge in [0.15, 0.2) is 0 Å². The Hall–Kier alpha value is -2.75. The predicted octanol–water partition coefficient (Wildman–Crippen LogP) is 4.13. The average Bonchev–Trinajstić information content (AvgIpc) is 3.07. The van der Waals surface area contributed by atoms with Gasteiger partial charge in [0.1, 0.15) is 5.82 Å². The van der Waals surface area contributed by atoms with Crippen molar-refractivity contribution in [2.45, 2.75) is 25.8 Å². The molecule has 0 unspecified atom stereocenters. The number of para-hydroxylation sites is 1. The summed E-state index contributed by atoms with van der Waals surface area (Å²) in [5, 5.41) is 0.902. The number of carbonyl (C=O) groups excluding carboxylic acids is 1. The largest absolute Gasteiger partial charge is 0.337 e. The molecule has 0 bridgehead atoms. The Morgan fingerprint density at radius 1 is 1.16 bits per heavy atom. The van der Waals surface area contributed by atoms with Crippen molar-refractivity contribution in [3.05, 3.63) is 76.7 Å². The minimum atomic E-state index is -0.284. The molecule has 1 amide bonds. The smallest absolute Gasteiger partial charge is 0.254 e. The molecule has 0 fully saturated rings. The first-order valence-electron chi connectivity index (χ1n) is 8.54. The van der Waals surface area contributed by atoms with E-state index in [0.717, 1.165) is 52.5 Å². The highest BCUT2D eigenvalue weighted by atomic mass is 19.1. The lowest BCUT2D eigenvalue weighted by Gasteiger charge is -2.20. The second-order valence-corrected chi connectivity index (χ2v) is 6.57. The van der Waals surface area contributed by atoms with E-state index < -0.39 is 0 Å². The van der Waals surface area contributed by atoms with E-state index in [9.17, 15) is 9.18 Å². The highest BCUT2D eigenvalue weighted by Gasteiger charge is 2.25. The van der Waals surface area contributed by atoms with Crippen LogP contribution in [0.15, 0.2) is 48.5 Å². The van der Waals surface area contributed by atoms with E-state index in [1.54, 1.807) is 18.0 Å². The van der Waals surface area contributed by atoms with Crippen molar-refractivity contribution in [1.29, 1.82) is 0 Å². The van der Waals surface area contributed by atoms with Crippen LogP contribution in [0.2, 0.25) is 0 Å². The highest BCUT2D eigenvalue weighted by molar-refractivity contribution is 6.07. The van der Waals surface area contributed by atoms with Gasteiger partial charge in [0.25, 0.3) is 5.91 Å². The number of aryl methyl sites for hydroxylation is 1. The minimum Gasteiger partial charge on any atom is -0.337 e. The van der Waals surface area contributed by atoms with Crippen molar-refractivity contribution < 1.29 is 9.18 Å². The molecule has 0 saturated carbocycles. The van der Waals surface area contributed by atoms with E-state index in [1.165, 1.54) is 12.1 Å². The zero-order valence-corrected chi connectivity index (χ0v) is 14.1. The van der Waals surface area contributed by atoms with Crippen LogP contribution in [0, 0.1) is 5.82 Å². The van der Waals surface area contributed by atoms with Crippen LogP contribution in [0.5, 0.6) is 0 Å². The molecule has 1 aliphatic carbocycles. The van der Waals surface area contributed by atoms with Gasteiger partial charge in [-0.15, -0.1) is 0 Å². The topological polar surface area (TPSA) is 33.2 Å². The number of halogens is 1. The van der Waals surface area contributed by atoms with Crippen molar-refractivity contribution in [3.63, 3.8) is 0 Å². The van der Waals surface area contributed by atoms with Crippen LogP contribution in [0.4, 0.5) is 4.39 Å². The van der Waals surface area contributed by atoms with Crippen molar-refractivity contribution in [1.82, 2.24) is 9.88 Å². The summed E-state index contributed by atoms with van der Waals surface area (Å²) in [7, 11) is 1.77. The molecule has 126 valence electrons. The molecular weight excluding hydrogens is 315 g/mol. The first-order chi connectivity index (χ1) is 12.1. The summed E-state index contributed by atoms with van der Waals surface area (Å²) in [6.07, 6.45) is 2.85. The molecule has 3 nitrogen and oxygen atoms in total. The number of pyridine rings is 1. The van der Waals surface area contributed by atoms with Crippen LogP contribution in [0.3, 0.4) is 0 Å². The molecule has 0 spiro atoms. The Bertz CT molecular complexity index is 967. The number of carbonyl (C=O) groups is 1. The van der Waals surface area contributed by atoms with Gasteiger partial charge in [-0.2, -0.15) is 0 Å². The van der Waals surface area contributed by atoms with Gasteiger partial charge in [-0.25, -0.2) is 4.39 Å². The van der Waals surface area contributed by atoms with E-state index in [-0.39, 0.29) is 11.7 Å². The van der Waals surface area contributed by atoms with E-state index in [1.807, 2.05) is 30.3 Å². The molecule has 1 heterocycles. The van der Waals surface area contributed by atoms with Crippen LogP contribution < -0.4 is 0 Å². The van der Waals surface area contributed by atoms with Gasteiger partial charge in [-0.05, 0) is 48.6 Å². The van der Waals surface area contributed by atoms with Gasteiger partial charge in [-0.1, -0.05) is 30.3 Å². The molecule has 1 aromatic heterocycles. The van der Waals surface area contributed by atoms with E-state index in [4.69, 9.17) is 4.98 Å². The fraction of sp³-hybridized carbons (Fsp3) is 0.238. The third-order valence-electron chi connectivity index (χ3n) is 4.79. The van der Waals surface area contributed by atoms with Gasteiger partial charge in [0, 0.05) is 24.7 Å². The zero-order valence-electron chi connectivity index (χ0n) is 14.1. The molecule has 3 aromatic rings. The normalized spacial score (nSPS) is 13.0. The average molecular weight is 334 g/mol. The van der Waals surface area contributed by atoms with E-state index >= 15 is 0 Å². The lowest BCUT2D eigenvalue weighted by molar-refractivity contribution is 0.0786. The summed E-state index contributed by atoms with van der Waals surface area (Å²) in [5.41, 5.74) is 4.53. The standard InChI is InChI=1S/C21H19FN2O/c1-24(13-14-6-4-7-15(22)12-14)21(25)20-16-8-2-3-10-18(16)23-19-11-5-9-17(19)20/h2-4,6-8,10,12H,5,9,11,13H2,1H3. The molecular formula is C21H19FN2O. The predicted molar refractivity (Wildman–Crippen MR) is 96.0 cm³/mol. The van der Waals surface area contributed by atoms with Crippen LogP contribution >= 0.6 is 0 Å². The number of nitrogens with zero attached hydrogens (tertiary/aromatic N) is 2. The van der Waals surface area contributed by atoms with Crippen LogP contribution in [-0.4, -0.2) is 22.8 Å². The van der Waals surface area contributed by atoms with Crippen LogP contribution in [0.1, 0.15) is 33.6 Å². The van der Waals surface area contributed by atoms with Gasteiger partial charge in [0.05, 0.1) is 11.1 Å². The first kappa shape index (κ1) is 15.8. The lowest BCUT2D eigenvalue weighted by Crippen LogP contribution is -2.27. The Labute approximate surface area is 146 Å². The number of benzene rings is 2. The Morgan fingerprint density at radius 3 is 2.84 bits per heavy atom. The van der Waals surface area contributed by atoms with E-state index in [2.05, 4.69) is 0 Å². The Kier molecular flexibility index (Phi) is 3.96. The Morgan fingerprint density at radius 2 is 2.00 bits per heavy atom. The van der Waals surface area contributed by atoms with Crippen molar-refractivity contribution >= 4 is 16.8 Å². The molecule has 4 heteroatoms. The maximum absolute atomic E-state index is 13.4. The number of amides is 1. The van der Waals surface area contributed by atoms with Crippen molar-refractivity contribution in [2.24, 2.45) is 0 Å². The van der Waals surface area contributed by atoms with Crippen molar-refractivity contribution in [3.8, 4) is 0 Å². The molecule has 1 aliphatic rings. The first-order valence-corrected chi connectivity index (χ1v) is 8.54. The molecule has 0 saturated heterocycles. The maximum Gasteiger partial charge on any atom is 0.254 e. The minimum absolute atomic E-state index is 0.0268. The maximum atomic E-state index is 13.4. The second kappa shape index (κ2) is 6.28. The fourth-order valence-electron chi connectivity index (χ4n) is 3.63. The highest BCUT2D eigenvalue weighted by Crippen LogP contribution is 2.31. The molecule has 0 radical (unpaired) electrons. The Balaban J connectivity index is 1.74. The lowest BCUT2D eigenvalue weighted by atomic mass is 10.00. The van der Waals surface area contributed by atoms with Crippen LogP contribution in [0.25, 0.3) is 10.9 Å². The SMILES string of the molecule is CN(Cc1cccc(F)c1)C(=O)c1c2c(nc3ccccc13)CCC2. The number of hydrogen-bond donors (Lipinski definition) is 0. The molecule has 25 heavy (non-hydrogen) atoms. The summed E-state index contributed by atoms with van der Waals surface area (Å²) >= 11 is 0. The number of rotatable bonds is 3. The second-order valence-electron chi connectivity index (χ2n) is 6.57. The van der Waals surface area contributed by atoms with E-state index in [0.29, 0.717) is 6.54 Å². The van der Waals surface area contributed by atoms with Gasteiger partial charge in [-0.3, -0.25) is 9.78 Å². The summed E-state index contributed by atoms with van der Waals surface area (Å²) in [5.74, 6) is -0.311. The quantitative estimate of drug-likeness (QED) is 0.721. The van der Waals surface area contributed by atoms with Gasteiger partial charge in [0.2, 0.25) is 0 Å². The molecule has 0 aliphatic heterocycles. The molecule has 0 atom stereocenters. The third-order valence-corrected chi connectivity index (χ3v) is 4.79. The zero-order chi connectivity index (χ0) is 17.4. The molecule has 2 aromatic carbocycles. The van der Waals surface area contributed by atoms with Crippen molar-refractivity contribution in [2.75, 3.05) is 7.05 Å². The molecule has 0 N–H and O–H groups in total. The summed E-state index contributed by atoms with van der Waals surface area (Å²) in [4.78, 5) is 19.6. The fourth-order valence-corrected chi connectivity index (χ4v) is 3.63. The number of fused-ring (bicyclic) bond motifs is 2.